The summed E-state index contributed by atoms with van der Waals surface area (Å²) < 4.78 is 11.7. The number of aliphatic hydroxyl groups is 1. The highest BCUT2D eigenvalue weighted by Crippen LogP contribution is 2.43. The molecule has 1 heterocycles. The maximum Gasteiger partial charge on any atom is 0.295 e. The van der Waals surface area contributed by atoms with Crippen molar-refractivity contribution in [1.29, 1.82) is 0 Å². The van der Waals surface area contributed by atoms with E-state index < -0.39 is 17.7 Å². The molecule has 1 aliphatic heterocycles. The first kappa shape index (κ1) is 23.6. The van der Waals surface area contributed by atoms with Crippen LogP contribution in [0.4, 0.5) is 0 Å². The van der Waals surface area contributed by atoms with Crippen molar-refractivity contribution in [3.63, 3.8) is 0 Å². The van der Waals surface area contributed by atoms with Crippen LogP contribution in [0.25, 0.3) is 5.76 Å². The van der Waals surface area contributed by atoms with Crippen molar-refractivity contribution in [3.8, 4) is 11.5 Å². The number of ether oxygens (including phenoxy) is 2. The molecule has 0 aliphatic carbocycles. The third-order valence-corrected chi connectivity index (χ3v) is 6.41. The third-order valence-electron chi connectivity index (χ3n) is 5.88. The van der Waals surface area contributed by atoms with E-state index in [1.165, 1.54) is 12.0 Å². The molecule has 1 atom stereocenters. The number of aliphatic hydroxyl groups excluding tert-OH is 1. The molecule has 0 spiro atoms. The standard InChI is InChI=1S/C27H24BrNO5/c1-33-20-12-13-21(22(16-20)34-2)24-23(25(30)18-8-10-19(28)11-9-18)26(31)27(32)29(24)15-14-17-6-4-3-5-7-17/h3-13,16,24,30H,14-15H2,1-2H3/b25-23+. The molecule has 1 amide bonds. The number of methoxy groups -OCH3 is 2. The number of halogens is 1. The lowest BCUT2D eigenvalue weighted by Crippen LogP contribution is -2.31. The number of nitrogens with zero attached hydrogens (tertiary/aromatic N) is 1. The van der Waals surface area contributed by atoms with E-state index in [1.54, 1.807) is 49.6 Å². The number of benzene rings is 3. The minimum absolute atomic E-state index is 0.0313. The average molecular weight is 522 g/mol. The van der Waals surface area contributed by atoms with Gasteiger partial charge in [-0.15, -0.1) is 0 Å². The van der Waals surface area contributed by atoms with E-state index in [-0.39, 0.29) is 11.3 Å². The molecule has 0 aromatic heterocycles. The van der Waals surface area contributed by atoms with Crippen molar-refractivity contribution >= 4 is 33.4 Å². The Hall–Kier alpha value is -3.58. The Morgan fingerprint density at radius 2 is 1.68 bits per heavy atom. The summed E-state index contributed by atoms with van der Waals surface area (Å²) in [6, 6.07) is 21.1. The van der Waals surface area contributed by atoms with Gasteiger partial charge in [0.2, 0.25) is 0 Å². The Morgan fingerprint density at radius 1 is 0.971 bits per heavy atom. The minimum Gasteiger partial charge on any atom is -0.507 e. The number of likely N-dealkylation sites (tertiary alicyclic amines) is 1. The Balaban J connectivity index is 1.84. The molecular weight excluding hydrogens is 498 g/mol. The molecule has 1 saturated heterocycles. The first-order valence-corrected chi connectivity index (χ1v) is 11.5. The van der Waals surface area contributed by atoms with Crippen LogP contribution in [-0.2, 0) is 16.0 Å². The molecule has 1 unspecified atom stereocenters. The maximum absolute atomic E-state index is 13.2. The lowest BCUT2D eigenvalue weighted by molar-refractivity contribution is -0.139. The van der Waals surface area contributed by atoms with Crippen molar-refractivity contribution < 1.29 is 24.2 Å². The van der Waals surface area contributed by atoms with Gasteiger partial charge in [0.15, 0.2) is 0 Å². The number of amides is 1. The van der Waals surface area contributed by atoms with Gasteiger partial charge in [-0.3, -0.25) is 9.59 Å². The minimum atomic E-state index is -0.812. The number of ketones is 1. The van der Waals surface area contributed by atoms with Gasteiger partial charge in [-0.2, -0.15) is 0 Å². The van der Waals surface area contributed by atoms with Gasteiger partial charge in [0.1, 0.15) is 17.3 Å². The van der Waals surface area contributed by atoms with Gasteiger partial charge >= 0.3 is 0 Å². The number of hydrogen-bond donors (Lipinski definition) is 1. The van der Waals surface area contributed by atoms with Crippen LogP contribution in [0.1, 0.15) is 22.7 Å². The predicted octanol–water partition coefficient (Wildman–Crippen LogP) is 5.13. The van der Waals surface area contributed by atoms with E-state index >= 15 is 0 Å². The summed E-state index contributed by atoms with van der Waals surface area (Å²) in [5, 5.41) is 11.2. The second-order valence-electron chi connectivity index (χ2n) is 7.84. The number of rotatable bonds is 7. The molecule has 6 nitrogen and oxygen atoms in total. The summed E-state index contributed by atoms with van der Waals surface area (Å²) in [4.78, 5) is 27.9. The highest BCUT2D eigenvalue weighted by molar-refractivity contribution is 9.10. The third kappa shape index (κ3) is 4.56. The van der Waals surface area contributed by atoms with Crippen LogP contribution in [0.3, 0.4) is 0 Å². The fourth-order valence-electron chi connectivity index (χ4n) is 4.14. The summed E-state index contributed by atoms with van der Waals surface area (Å²) in [5.74, 6) is -0.572. The van der Waals surface area contributed by atoms with Gasteiger partial charge in [-0.1, -0.05) is 58.4 Å². The highest BCUT2D eigenvalue weighted by Gasteiger charge is 2.46. The molecular formula is C27H24BrNO5. The van der Waals surface area contributed by atoms with Gasteiger partial charge in [0, 0.05) is 28.2 Å². The van der Waals surface area contributed by atoms with Crippen LogP contribution in [0.2, 0.25) is 0 Å². The van der Waals surface area contributed by atoms with Crippen LogP contribution in [0, 0.1) is 0 Å². The van der Waals surface area contributed by atoms with Crippen LogP contribution >= 0.6 is 15.9 Å². The zero-order valence-corrected chi connectivity index (χ0v) is 20.4. The van der Waals surface area contributed by atoms with Crippen molar-refractivity contribution in [2.75, 3.05) is 20.8 Å². The Kier molecular flexibility index (Phi) is 7.03. The lowest BCUT2D eigenvalue weighted by Gasteiger charge is -2.27. The van der Waals surface area contributed by atoms with Crippen LogP contribution < -0.4 is 9.47 Å². The van der Waals surface area contributed by atoms with Gasteiger partial charge in [0.05, 0.1) is 25.8 Å². The van der Waals surface area contributed by atoms with Crippen molar-refractivity contribution in [2.24, 2.45) is 0 Å². The second-order valence-corrected chi connectivity index (χ2v) is 8.76. The fourth-order valence-corrected chi connectivity index (χ4v) is 4.40. The number of hydrogen-bond acceptors (Lipinski definition) is 5. The SMILES string of the molecule is COc1ccc(C2/C(=C(\O)c3ccc(Br)cc3)C(=O)C(=O)N2CCc2ccccc2)c(OC)c1. The topological polar surface area (TPSA) is 76.1 Å². The summed E-state index contributed by atoms with van der Waals surface area (Å²) in [6.45, 7) is 0.297. The van der Waals surface area contributed by atoms with Crippen LogP contribution in [0.15, 0.2) is 82.8 Å². The summed E-state index contributed by atoms with van der Waals surface area (Å²) in [6.07, 6.45) is 0.557. The number of carbonyl (C=O) groups excluding carboxylic acids is 2. The van der Waals surface area contributed by atoms with E-state index in [1.807, 2.05) is 30.3 Å². The molecule has 7 heteroatoms. The first-order chi connectivity index (χ1) is 16.4. The van der Waals surface area contributed by atoms with Crippen molar-refractivity contribution in [1.82, 2.24) is 4.90 Å². The molecule has 174 valence electrons. The lowest BCUT2D eigenvalue weighted by atomic mass is 9.94. The fraction of sp³-hybridized carbons (Fsp3) is 0.185. The molecule has 34 heavy (non-hydrogen) atoms. The molecule has 4 rings (SSSR count). The zero-order chi connectivity index (χ0) is 24.2. The smallest absolute Gasteiger partial charge is 0.295 e. The van der Waals surface area contributed by atoms with Gasteiger partial charge < -0.3 is 19.5 Å². The summed E-state index contributed by atoms with van der Waals surface area (Å²) in [7, 11) is 3.07. The molecule has 3 aromatic carbocycles. The molecule has 0 saturated carbocycles. The first-order valence-electron chi connectivity index (χ1n) is 10.7. The Morgan fingerprint density at radius 3 is 2.32 bits per heavy atom. The molecule has 0 radical (unpaired) electrons. The quantitative estimate of drug-likeness (QED) is 0.265. The summed E-state index contributed by atoms with van der Waals surface area (Å²) in [5.41, 5.74) is 2.11. The van der Waals surface area contributed by atoms with E-state index in [0.29, 0.717) is 35.6 Å². The van der Waals surface area contributed by atoms with Crippen LogP contribution in [-0.4, -0.2) is 42.5 Å². The molecule has 3 aromatic rings. The maximum atomic E-state index is 13.2. The molecule has 1 aliphatic rings. The summed E-state index contributed by atoms with van der Waals surface area (Å²) >= 11 is 3.38. The van der Waals surface area contributed by atoms with Crippen molar-refractivity contribution in [3.05, 3.63) is 99.5 Å². The van der Waals surface area contributed by atoms with E-state index in [4.69, 9.17) is 9.47 Å². The van der Waals surface area contributed by atoms with Crippen molar-refractivity contribution in [2.45, 2.75) is 12.5 Å². The molecule has 1 fully saturated rings. The second kappa shape index (κ2) is 10.1. The average Bonchev–Trinajstić information content (AvgIpc) is 3.12. The zero-order valence-electron chi connectivity index (χ0n) is 18.8. The van der Waals surface area contributed by atoms with Gasteiger partial charge in [-0.05, 0) is 36.2 Å². The van der Waals surface area contributed by atoms with E-state index in [0.717, 1.165) is 10.0 Å². The van der Waals surface area contributed by atoms with Crippen LogP contribution in [0.5, 0.6) is 11.5 Å². The Bertz CT molecular complexity index is 1240. The monoisotopic (exact) mass is 521 g/mol. The van der Waals surface area contributed by atoms with Gasteiger partial charge in [-0.25, -0.2) is 0 Å². The Labute approximate surface area is 206 Å². The van der Waals surface area contributed by atoms with Gasteiger partial charge in [0.25, 0.3) is 11.7 Å². The normalized spacial score (nSPS) is 17.1. The number of carbonyl (C=O) groups is 2. The number of Topliss-reactive ketones (excluding diaryl/α,β-unsaturated/α-hetero) is 1. The van der Waals surface area contributed by atoms with E-state index in [9.17, 15) is 14.7 Å². The highest BCUT2D eigenvalue weighted by atomic mass is 79.9. The largest absolute Gasteiger partial charge is 0.507 e. The predicted molar refractivity (Wildman–Crippen MR) is 133 cm³/mol. The molecule has 0 bridgehead atoms. The van der Waals surface area contributed by atoms with E-state index in [2.05, 4.69) is 15.9 Å². The molecule has 1 N–H and O–H groups in total.